The fourth-order valence-corrected chi connectivity index (χ4v) is 5.06. The van der Waals surface area contributed by atoms with Crippen LogP contribution in [0.25, 0.3) is 0 Å². The second kappa shape index (κ2) is 6.16. The van der Waals surface area contributed by atoms with Gasteiger partial charge in [0.25, 0.3) is 5.91 Å². The van der Waals surface area contributed by atoms with Crippen LogP contribution in [0.2, 0.25) is 0 Å². The van der Waals surface area contributed by atoms with E-state index < -0.39 is 0 Å². The van der Waals surface area contributed by atoms with Crippen molar-refractivity contribution in [3.05, 3.63) is 23.2 Å². The summed E-state index contributed by atoms with van der Waals surface area (Å²) in [7, 11) is 0. The second-order valence-corrected chi connectivity index (χ2v) is 7.88. The van der Waals surface area contributed by atoms with Crippen molar-refractivity contribution in [1.29, 1.82) is 0 Å². The van der Waals surface area contributed by atoms with E-state index in [1.807, 2.05) is 23.6 Å². The van der Waals surface area contributed by atoms with Crippen molar-refractivity contribution in [3.63, 3.8) is 0 Å². The van der Waals surface area contributed by atoms with E-state index in [9.17, 15) is 9.59 Å². The maximum atomic E-state index is 12.9. The van der Waals surface area contributed by atoms with Gasteiger partial charge in [0.05, 0.1) is 11.5 Å². The molecule has 0 aromatic carbocycles. The molecular formula is C19H27N3O3. The Labute approximate surface area is 148 Å². The normalized spacial score (nSPS) is 31.6. The predicted molar refractivity (Wildman–Crippen MR) is 93.0 cm³/mol. The van der Waals surface area contributed by atoms with Crippen LogP contribution in [0.1, 0.15) is 41.1 Å². The number of hydrogen-bond donors (Lipinski definition) is 1. The van der Waals surface area contributed by atoms with Crippen LogP contribution in [0.5, 0.6) is 0 Å². The number of nitrogens with zero attached hydrogens (tertiary/aromatic N) is 2. The third-order valence-electron chi connectivity index (χ3n) is 6.42. The van der Waals surface area contributed by atoms with Gasteiger partial charge in [0.1, 0.15) is 11.5 Å². The molecule has 1 saturated heterocycles. The zero-order valence-electron chi connectivity index (χ0n) is 15.0. The molecule has 2 heterocycles. The van der Waals surface area contributed by atoms with Gasteiger partial charge in [0, 0.05) is 32.2 Å². The summed E-state index contributed by atoms with van der Waals surface area (Å²) in [6.07, 6.45) is 3.45. The van der Waals surface area contributed by atoms with Crippen LogP contribution < -0.4 is 5.73 Å². The van der Waals surface area contributed by atoms with E-state index in [2.05, 4.69) is 0 Å². The highest BCUT2D eigenvalue weighted by atomic mass is 16.3. The first kappa shape index (κ1) is 16.6. The summed E-state index contributed by atoms with van der Waals surface area (Å²) >= 11 is 0. The molecule has 3 fully saturated rings. The van der Waals surface area contributed by atoms with E-state index in [1.165, 1.54) is 6.42 Å². The quantitative estimate of drug-likeness (QED) is 0.882. The summed E-state index contributed by atoms with van der Waals surface area (Å²) in [5.41, 5.74) is 6.95. The van der Waals surface area contributed by atoms with Gasteiger partial charge in [-0.3, -0.25) is 9.59 Å². The number of amides is 2. The average molecular weight is 345 g/mol. The van der Waals surface area contributed by atoms with Gasteiger partial charge in [-0.05, 0) is 51.0 Å². The van der Waals surface area contributed by atoms with Crippen LogP contribution in [-0.2, 0) is 4.79 Å². The Hall–Kier alpha value is -1.82. The minimum absolute atomic E-state index is 0.000214. The van der Waals surface area contributed by atoms with Crippen molar-refractivity contribution in [3.8, 4) is 0 Å². The summed E-state index contributed by atoms with van der Waals surface area (Å²) < 4.78 is 5.47. The number of piperazine rings is 1. The lowest BCUT2D eigenvalue weighted by Gasteiger charge is -2.38. The van der Waals surface area contributed by atoms with Gasteiger partial charge < -0.3 is 20.0 Å². The first-order valence-corrected chi connectivity index (χ1v) is 9.36. The van der Waals surface area contributed by atoms with Gasteiger partial charge in [-0.15, -0.1) is 0 Å². The molecule has 0 spiro atoms. The molecule has 2 aliphatic carbocycles. The summed E-state index contributed by atoms with van der Waals surface area (Å²) in [6.45, 7) is 6.01. The summed E-state index contributed by atoms with van der Waals surface area (Å²) in [5, 5.41) is 0. The van der Waals surface area contributed by atoms with E-state index in [4.69, 9.17) is 10.2 Å². The Morgan fingerprint density at radius 2 is 1.72 bits per heavy atom. The van der Waals surface area contributed by atoms with Gasteiger partial charge >= 0.3 is 0 Å². The summed E-state index contributed by atoms with van der Waals surface area (Å²) in [4.78, 5) is 29.3. The largest absolute Gasteiger partial charge is 0.466 e. The topological polar surface area (TPSA) is 79.8 Å². The molecule has 4 atom stereocenters. The number of nitrogens with two attached hydrogens (primary N) is 1. The zero-order chi connectivity index (χ0) is 17.7. The minimum Gasteiger partial charge on any atom is -0.466 e. The van der Waals surface area contributed by atoms with E-state index in [-0.39, 0.29) is 23.8 Å². The number of carbonyl (C=O) groups excluding carboxylic acids is 2. The average Bonchev–Trinajstić information content (AvgIpc) is 3.28. The maximum absolute atomic E-state index is 12.9. The van der Waals surface area contributed by atoms with E-state index in [0.717, 1.165) is 18.6 Å². The third-order valence-corrected chi connectivity index (χ3v) is 6.42. The Morgan fingerprint density at radius 3 is 2.28 bits per heavy atom. The number of aryl methyl sites for hydroxylation is 2. The Kier molecular flexibility index (Phi) is 4.10. The maximum Gasteiger partial charge on any atom is 0.257 e. The van der Waals surface area contributed by atoms with Crippen molar-refractivity contribution in [1.82, 2.24) is 9.80 Å². The molecule has 1 aromatic heterocycles. The van der Waals surface area contributed by atoms with E-state index in [1.54, 1.807) is 6.07 Å². The third kappa shape index (κ3) is 2.76. The molecule has 2 N–H and O–H groups in total. The highest BCUT2D eigenvalue weighted by Gasteiger charge is 2.50. The number of fused-ring (bicyclic) bond motifs is 2. The molecule has 3 aliphatic rings. The lowest BCUT2D eigenvalue weighted by molar-refractivity contribution is -0.139. The van der Waals surface area contributed by atoms with Gasteiger partial charge in [0.2, 0.25) is 5.91 Å². The molecule has 136 valence electrons. The molecule has 25 heavy (non-hydrogen) atoms. The van der Waals surface area contributed by atoms with Crippen LogP contribution in [0.15, 0.2) is 10.5 Å². The van der Waals surface area contributed by atoms with Crippen molar-refractivity contribution < 1.29 is 14.0 Å². The second-order valence-electron chi connectivity index (χ2n) is 7.88. The zero-order valence-corrected chi connectivity index (χ0v) is 15.0. The highest BCUT2D eigenvalue weighted by molar-refractivity contribution is 5.95. The fraction of sp³-hybridized carbons (Fsp3) is 0.684. The molecule has 1 aliphatic heterocycles. The molecule has 6 heteroatoms. The number of furan rings is 1. The summed E-state index contributed by atoms with van der Waals surface area (Å²) in [6, 6.07) is 1.83. The van der Waals surface area contributed by atoms with Gasteiger partial charge in [-0.2, -0.15) is 0 Å². The van der Waals surface area contributed by atoms with Crippen LogP contribution in [0.4, 0.5) is 0 Å². The van der Waals surface area contributed by atoms with Crippen molar-refractivity contribution in [2.45, 2.75) is 39.2 Å². The summed E-state index contributed by atoms with van der Waals surface area (Å²) in [5.74, 6) is 2.63. The van der Waals surface area contributed by atoms with Gasteiger partial charge in [0.15, 0.2) is 0 Å². The molecule has 0 radical (unpaired) electrons. The predicted octanol–water partition coefficient (Wildman–Crippen LogP) is 1.55. The molecular weight excluding hydrogens is 318 g/mol. The van der Waals surface area contributed by atoms with Gasteiger partial charge in [-0.25, -0.2) is 0 Å². The molecule has 4 rings (SSSR count). The lowest BCUT2D eigenvalue weighted by atomic mass is 9.84. The molecule has 2 bridgehead atoms. The number of hydrogen-bond acceptors (Lipinski definition) is 4. The Balaban J connectivity index is 1.38. The highest BCUT2D eigenvalue weighted by Crippen LogP contribution is 2.48. The van der Waals surface area contributed by atoms with Crippen LogP contribution >= 0.6 is 0 Å². The van der Waals surface area contributed by atoms with Crippen molar-refractivity contribution in [2.24, 2.45) is 23.5 Å². The molecule has 1 aromatic rings. The first-order valence-electron chi connectivity index (χ1n) is 9.36. The lowest BCUT2D eigenvalue weighted by Crippen LogP contribution is -2.54. The number of carbonyl (C=O) groups is 2. The molecule has 2 amide bonds. The van der Waals surface area contributed by atoms with Gasteiger partial charge in [-0.1, -0.05) is 0 Å². The molecule has 6 nitrogen and oxygen atoms in total. The van der Waals surface area contributed by atoms with Crippen LogP contribution in [0.3, 0.4) is 0 Å². The molecule has 2 saturated carbocycles. The van der Waals surface area contributed by atoms with Crippen LogP contribution in [0, 0.1) is 31.6 Å². The number of rotatable bonds is 2. The Morgan fingerprint density at radius 1 is 1.08 bits per heavy atom. The van der Waals surface area contributed by atoms with E-state index >= 15 is 0 Å². The molecule has 4 unspecified atom stereocenters. The monoisotopic (exact) mass is 345 g/mol. The van der Waals surface area contributed by atoms with Crippen LogP contribution in [-0.4, -0.2) is 53.8 Å². The smallest absolute Gasteiger partial charge is 0.257 e. The fourth-order valence-electron chi connectivity index (χ4n) is 5.06. The van der Waals surface area contributed by atoms with Crippen molar-refractivity contribution >= 4 is 11.8 Å². The Bertz CT molecular complexity index is 688. The van der Waals surface area contributed by atoms with E-state index in [0.29, 0.717) is 49.3 Å². The minimum atomic E-state index is -0.00178. The SMILES string of the molecule is Cc1cc(C(=O)N2CCN(C(=O)C3C4CCC(C4)C3N)CC2)c(C)o1. The van der Waals surface area contributed by atoms with Crippen molar-refractivity contribution in [2.75, 3.05) is 26.2 Å². The standard InChI is InChI=1S/C19H27N3O3/c1-11-9-15(12(2)25-11)18(23)21-5-7-22(8-6-21)19(24)16-13-3-4-14(10-13)17(16)20/h9,13-14,16-17H,3-8,10,20H2,1-2H3. The first-order chi connectivity index (χ1) is 12.0.